The Balaban J connectivity index is 1.54. The summed E-state index contributed by atoms with van der Waals surface area (Å²) < 4.78 is 10.7. The van der Waals surface area contributed by atoms with E-state index in [9.17, 15) is 9.59 Å². The zero-order valence-electron chi connectivity index (χ0n) is 14.6. The van der Waals surface area contributed by atoms with E-state index in [0.717, 1.165) is 43.0 Å². The molecule has 7 nitrogen and oxygen atoms in total. The molecule has 1 fully saturated rings. The molecular formula is C18H25N3O4. The topological polar surface area (TPSA) is 85.1 Å². The summed E-state index contributed by atoms with van der Waals surface area (Å²) in [5.41, 5.74) is 6.38. The molecule has 0 saturated carbocycles. The number of likely N-dealkylation sites (N-methyl/N-ethyl adjacent to an activating group) is 1. The summed E-state index contributed by atoms with van der Waals surface area (Å²) in [5, 5.41) is 0. The van der Waals surface area contributed by atoms with Gasteiger partial charge in [0.15, 0.2) is 11.5 Å². The maximum Gasteiger partial charge on any atom is 0.237 e. The summed E-state index contributed by atoms with van der Waals surface area (Å²) in [6.07, 6.45) is 1.47. The van der Waals surface area contributed by atoms with Gasteiger partial charge in [0.1, 0.15) is 0 Å². The molecule has 25 heavy (non-hydrogen) atoms. The second kappa shape index (κ2) is 7.74. The van der Waals surface area contributed by atoms with Crippen LogP contribution in [-0.4, -0.2) is 54.6 Å². The number of hydrogen-bond donors (Lipinski definition) is 1. The van der Waals surface area contributed by atoms with Gasteiger partial charge < -0.3 is 20.1 Å². The van der Waals surface area contributed by atoms with Gasteiger partial charge in [-0.25, -0.2) is 0 Å². The summed E-state index contributed by atoms with van der Waals surface area (Å²) in [7, 11) is 0. The van der Waals surface area contributed by atoms with Crippen molar-refractivity contribution in [2.45, 2.75) is 26.3 Å². The fourth-order valence-corrected chi connectivity index (χ4v) is 3.30. The maximum atomic E-state index is 12.6. The molecule has 2 heterocycles. The van der Waals surface area contributed by atoms with Crippen LogP contribution in [0.3, 0.4) is 0 Å². The summed E-state index contributed by atoms with van der Waals surface area (Å²) in [6.45, 7) is 5.27. The highest BCUT2D eigenvalue weighted by molar-refractivity contribution is 5.78. The van der Waals surface area contributed by atoms with Gasteiger partial charge in [-0.2, -0.15) is 0 Å². The number of amides is 2. The summed E-state index contributed by atoms with van der Waals surface area (Å²) in [5.74, 6) is 1.29. The van der Waals surface area contributed by atoms with Gasteiger partial charge >= 0.3 is 0 Å². The number of carbonyl (C=O) groups is 2. The minimum absolute atomic E-state index is 0.0535. The average molecular weight is 347 g/mol. The minimum atomic E-state index is -0.232. The number of benzene rings is 1. The van der Waals surface area contributed by atoms with Gasteiger partial charge in [0.05, 0.1) is 6.54 Å². The molecule has 0 spiro atoms. The van der Waals surface area contributed by atoms with E-state index in [1.54, 1.807) is 0 Å². The molecule has 2 aliphatic rings. The molecule has 136 valence electrons. The Labute approximate surface area is 147 Å². The van der Waals surface area contributed by atoms with Crippen LogP contribution in [0.4, 0.5) is 0 Å². The van der Waals surface area contributed by atoms with Crippen LogP contribution in [0.25, 0.3) is 0 Å². The number of hydrogen-bond acceptors (Lipinski definition) is 5. The number of ether oxygens (including phenoxy) is 2. The molecule has 2 aliphatic heterocycles. The van der Waals surface area contributed by atoms with Crippen LogP contribution in [0.5, 0.6) is 11.5 Å². The lowest BCUT2D eigenvalue weighted by Gasteiger charge is -2.31. The molecule has 3 rings (SSSR count). The standard InChI is InChI=1S/C18H25N3O4/c1-2-21(10-13-3-4-15-16(9-13)25-12-24-15)17(22)11-20-7-5-14(6-8-20)18(19)23/h3-4,9,14H,2,5-8,10-12H2,1H3,(H2,19,23). The van der Waals surface area contributed by atoms with E-state index in [1.165, 1.54) is 0 Å². The summed E-state index contributed by atoms with van der Waals surface area (Å²) in [4.78, 5) is 27.8. The molecule has 2 amide bonds. The fraction of sp³-hybridized carbons (Fsp3) is 0.556. The SMILES string of the molecule is CCN(Cc1ccc2c(c1)OCO2)C(=O)CN1CCC(C(N)=O)CC1. The molecule has 0 radical (unpaired) electrons. The van der Waals surface area contributed by atoms with Crippen molar-refractivity contribution in [3.05, 3.63) is 23.8 Å². The second-order valence-corrected chi connectivity index (χ2v) is 6.55. The zero-order chi connectivity index (χ0) is 17.8. The lowest BCUT2D eigenvalue weighted by molar-refractivity contribution is -0.133. The van der Waals surface area contributed by atoms with Gasteiger partial charge in [-0.1, -0.05) is 6.07 Å². The fourth-order valence-electron chi connectivity index (χ4n) is 3.30. The average Bonchev–Trinajstić information content (AvgIpc) is 3.07. The van der Waals surface area contributed by atoms with E-state index in [-0.39, 0.29) is 24.5 Å². The number of likely N-dealkylation sites (tertiary alicyclic amines) is 1. The van der Waals surface area contributed by atoms with Crippen molar-refractivity contribution in [3.8, 4) is 11.5 Å². The number of nitrogens with zero attached hydrogens (tertiary/aromatic N) is 2. The second-order valence-electron chi connectivity index (χ2n) is 6.55. The highest BCUT2D eigenvalue weighted by atomic mass is 16.7. The molecule has 1 aromatic rings. The van der Waals surface area contributed by atoms with Crippen LogP contribution in [0, 0.1) is 5.92 Å². The normalized spacial score (nSPS) is 17.5. The molecule has 1 aromatic carbocycles. The van der Waals surface area contributed by atoms with Crippen LogP contribution in [0.1, 0.15) is 25.3 Å². The van der Waals surface area contributed by atoms with Gasteiger partial charge in [-0.05, 0) is 50.6 Å². The Morgan fingerprint density at radius 1 is 1.24 bits per heavy atom. The van der Waals surface area contributed by atoms with E-state index in [2.05, 4.69) is 4.90 Å². The van der Waals surface area contributed by atoms with Crippen LogP contribution in [-0.2, 0) is 16.1 Å². The summed E-state index contributed by atoms with van der Waals surface area (Å²) >= 11 is 0. The van der Waals surface area contributed by atoms with Crippen LogP contribution < -0.4 is 15.2 Å². The number of carbonyl (C=O) groups excluding carboxylic acids is 2. The molecule has 0 bridgehead atoms. The smallest absolute Gasteiger partial charge is 0.237 e. The maximum absolute atomic E-state index is 12.6. The van der Waals surface area contributed by atoms with E-state index in [1.807, 2.05) is 30.0 Å². The number of primary amides is 1. The van der Waals surface area contributed by atoms with Gasteiger partial charge in [0.25, 0.3) is 0 Å². The van der Waals surface area contributed by atoms with Crippen molar-refractivity contribution < 1.29 is 19.1 Å². The predicted molar refractivity (Wildman–Crippen MR) is 92.0 cm³/mol. The van der Waals surface area contributed by atoms with Crippen molar-refractivity contribution in [2.24, 2.45) is 11.7 Å². The molecule has 7 heteroatoms. The lowest BCUT2D eigenvalue weighted by Crippen LogP contribution is -2.44. The van der Waals surface area contributed by atoms with Crippen molar-refractivity contribution in [3.63, 3.8) is 0 Å². The quantitative estimate of drug-likeness (QED) is 0.828. The van der Waals surface area contributed by atoms with Gasteiger partial charge in [-0.15, -0.1) is 0 Å². The largest absolute Gasteiger partial charge is 0.454 e. The molecule has 0 aromatic heterocycles. The van der Waals surface area contributed by atoms with Crippen molar-refractivity contribution in [1.29, 1.82) is 0 Å². The number of fused-ring (bicyclic) bond motifs is 1. The van der Waals surface area contributed by atoms with E-state index in [0.29, 0.717) is 19.6 Å². The summed E-state index contributed by atoms with van der Waals surface area (Å²) in [6, 6.07) is 5.77. The van der Waals surface area contributed by atoms with Crippen LogP contribution in [0.15, 0.2) is 18.2 Å². The molecular weight excluding hydrogens is 322 g/mol. The Kier molecular flexibility index (Phi) is 5.43. The van der Waals surface area contributed by atoms with Gasteiger partial charge in [0, 0.05) is 19.0 Å². The Bertz CT molecular complexity index is 641. The van der Waals surface area contributed by atoms with Crippen LogP contribution in [0.2, 0.25) is 0 Å². The first kappa shape index (κ1) is 17.5. The molecule has 0 atom stereocenters. The first-order valence-electron chi connectivity index (χ1n) is 8.74. The third kappa shape index (κ3) is 4.22. The van der Waals surface area contributed by atoms with Gasteiger partial charge in [-0.3, -0.25) is 14.5 Å². The van der Waals surface area contributed by atoms with E-state index in [4.69, 9.17) is 15.2 Å². The minimum Gasteiger partial charge on any atom is -0.454 e. The van der Waals surface area contributed by atoms with Crippen molar-refractivity contribution in [1.82, 2.24) is 9.80 Å². The van der Waals surface area contributed by atoms with E-state index < -0.39 is 0 Å². The number of nitrogens with two attached hydrogens (primary N) is 1. The Morgan fingerprint density at radius 2 is 1.96 bits per heavy atom. The lowest BCUT2D eigenvalue weighted by atomic mass is 9.96. The third-order valence-corrected chi connectivity index (χ3v) is 4.89. The zero-order valence-corrected chi connectivity index (χ0v) is 14.6. The molecule has 2 N–H and O–H groups in total. The molecule has 0 aliphatic carbocycles. The van der Waals surface area contributed by atoms with Crippen molar-refractivity contribution in [2.75, 3.05) is 33.0 Å². The first-order chi connectivity index (χ1) is 12.1. The monoisotopic (exact) mass is 347 g/mol. The number of piperidine rings is 1. The predicted octanol–water partition coefficient (Wildman–Crippen LogP) is 0.961. The Hall–Kier alpha value is -2.28. The Morgan fingerprint density at radius 3 is 2.64 bits per heavy atom. The highest BCUT2D eigenvalue weighted by Gasteiger charge is 2.25. The third-order valence-electron chi connectivity index (χ3n) is 4.89. The molecule has 0 unspecified atom stereocenters. The van der Waals surface area contributed by atoms with Gasteiger partial charge in [0.2, 0.25) is 18.6 Å². The van der Waals surface area contributed by atoms with Crippen molar-refractivity contribution >= 4 is 11.8 Å². The molecule has 1 saturated heterocycles. The highest BCUT2D eigenvalue weighted by Crippen LogP contribution is 2.32. The van der Waals surface area contributed by atoms with Crippen LogP contribution >= 0.6 is 0 Å². The number of rotatable bonds is 6. The first-order valence-corrected chi connectivity index (χ1v) is 8.74. The van der Waals surface area contributed by atoms with E-state index >= 15 is 0 Å².